The Balaban J connectivity index is 1.74. The van der Waals surface area contributed by atoms with Crippen molar-refractivity contribution in [2.75, 3.05) is 16.2 Å². The van der Waals surface area contributed by atoms with Crippen LogP contribution in [0.3, 0.4) is 0 Å². The molecule has 1 N–H and O–H groups in total. The van der Waals surface area contributed by atoms with Gasteiger partial charge in [0.15, 0.2) is 0 Å². The highest BCUT2D eigenvalue weighted by molar-refractivity contribution is 7.92. The number of rotatable bonds is 5. The fraction of sp³-hybridized carbons (Fsp3) is 0.316. The van der Waals surface area contributed by atoms with E-state index in [9.17, 15) is 13.2 Å². The molecule has 2 aromatic carbocycles. The molecule has 6 heteroatoms. The van der Waals surface area contributed by atoms with E-state index in [0.29, 0.717) is 18.7 Å². The van der Waals surface area contributed by atoms with E-state index in [1.165, 1.54) is 0 Å². The van der Waals surface area contributed by atoms with Crippen molar-refractivity contribution in [1.82, 2.24) is 0 Å². The van der Waals surface area contributed by atoms with Gasteiger partial charge in [-0.3, -0.25) is 9.52 Å². The zero-order valence-corrected chi connectivity index (χ0v) is 15.1. The normalized spacial score (nSPS) is 15.2. The Morgan fingerprint density at radius 1 is 1.00 bits per heavy atom. The second-order valence-electron chi connectivity index (χ2n) is 6.15. The van der Waals surface area contributed by atoms with E-state index in [1.807, 2.05) is 19.1 Å². The molecule has 0 saturated carbocycles. The van der Waals surface area contributed by atoms with E-state index < -0.39 is 10.0 Å². The van der Waals surface area contributed by atoms with Gasteiger partial charge in [-0.15, -0.1) is 0 Å². The van der Waals surface area contributed by atoms with Crippen LogP contribution in [-0.4, -0.2) is 20.9 Å². The molecule has 1 amide bonds. The molecule has 0 aliphatic carbocycles. The number of nitrogens with one attached hydrogen (secondary N) is 1. The van der Waals surface area contributed by atoms with E-state index in [0.717, 1.165) is 30.5 Å². The number of sulfonamides is 1. The Morgan fingerprint density at radius 2 is 1.68 bits per heavy atom. The Morgan fingerprint density at radius 3 is 2.28 bits per heavy atom. The van der Waals surface area contributed by atoms with Crippen molar-refractivity contribution in [3.8, 4) is 0 Å². The van der Waals surface area contributed by atoms with Gasteiger partial charge in [0.05, 0.1) is 4.90 Å². The summed E-state index contributed by atoms with van der Waals surface area (Å²) >= 11 is 0. The van der Waals surface area contributed by atoms with Gasteiger partial charge in [-0.2, -0.15) is 0 Å². The van der Waals surface area contributed by atoms with Crippen molar-refractivity contribution < 1.29 is 13.2 Å². The largest absolute Gasteiger partial charge is 0.312 e. The van der Waals surface area contributed by atoms with Crippen molar-refractivity contribution in [2.24, 2.45) is 0 Å². The molecule has 0 unspecified atom stereocenters. The summed E-state index contributed by atoms with van der Waals surface area (Å²) < 4.78 is 27.5. The summed E-state index contributed by atoms with van der Waals surface area (Å²) in [5.74, 6) is 0.121. The highest BCUT2D eigenvalue weighted by Gasteiger charge is 2.20. The molecule has 1 saturated heterocycles. The summed E-state index contributed by atoms with van der Waals surface area (Å²) in [4.78, 5) is 14.0. The number of amides is 1. The van der Waals surface area contributed by atoms with Gasteiger partial charge in [0, 0.05) is 24.3 Å². The monoisotopic (exact) mass is 358 g/mol. The lowest BCUT2D eigenvalue weighted by atomic mass is 10.1. The summed E-state index contributed by atoms with van der Waals surface area (Å²) in [5.41, 5.74) is 2.38. The maximum Gasteiger partial charge on any atom is 0.261 e. The number of hydrogen-bond acceptors (Lipinski definition) is 3. The third-order valence-corrected chi connectivity index (χ3v) is 5.79. The second kappa shape index (κ2) is 7.27. The van der Waals surface area contributed by atoms with Crippen LogP contribution in [0.25, 0.3) is 0 Å². The van der Waals surface area contributed by atoms with E-state index >= 15 is 0 Å². The number of aryl methyl sites for hydroxylation is 1. The molecule has 0 spiro atoms. The summed E-state index contributed by atoms with van der Waals surface area (Å²) in [7, 11) is -3.62. The molecule has 25 heavy (non-hydrogen) atoms. The summed E-state index contributed by atoms with van der Waals surface area (Å²) in [6.07, 6.45) is 3.37. The van der Waals surface area contributed by atoms with Crippen molar-refractivity contribution >= 4 is 27.3 Å². The van der Waals surface area contributed by atoms with Crippen LogP contribution in [0.1, 0.15) is 31.7 Å². The molecule has 1 aliphatic rings. The first-order valence-corrected chi connectivity index (χ1v) is 10.00. The standard InChI is InChI=1S/C19H22N2O3S/c1-2-15-6-12-18(13-7-15)25(23,24)20-16-8-10-17(11-9-16)21-14-4-3-5-19(21)22/h6-13,20H,2-5,14H2,1H3. The SMILES string of the molecule is CCc1ccc(S(=O)(=O)Nc2ccc(N3CCCCC3=O)cc2)cc1. The van der Waals surface area contributed by atoms with Crippen LogP contribution in [-0.2, 0) is 21.2 Å². The lowest BCUT2D eigenvalue weighted by molar-refractivity contribution is -0.119. The van der Waals surface area contributed by atoms with Crippen molar-refractivity contribution in [3.05, 3.63) is 54.1 Å². The topological polar surface area (TPSA) is 66.5 Å². The average molecular weight is 358 g/mol. The number of benzene rings is 2. The Hall–Kier alpha value is -2.34. The molecular formula is C19H22N2O3S. The first-order chi connectivity index (χ1) is 12.0. The molecule has 3 rings (SSSR count). The van der Waals surface area contributed by atoms with Gasteiger partial charge in [0.1, 0.15) is 0 Å². The molecule has 1 heterocycles. The molecule has 2 aromatic rings. The minimum Gasteiger partial charge on any atom is -0.312 e. The van der Waals surface area contributed by atoms with Crippen molar-refractivity contribution in [1.29, 1.82) is 0 Å². The number of anilines is 2. The van der Waals surface area contributed by atoms with Crippen LogP contribution in [0, 0.1) is 0 Å². The van der Waals surface area contributed by atoms with Crippen LogP contribution < -0.4 is 9.62 Å². The number of piperidine rings is 1. The number of carbonyl (C=O) groups excluding carboxylic acids is 1. The third kappa shape index (κ3) is 4.02. The maximum atomic E-state index is 12.5. The molecule has 0 atom stereocenters. The van der Waals surface area contributed by atoms with Gasteiger partial charge in [-0.05, 0) is 61.2 Å². The quantitative estimate of drug-likeness (QED) is 0.888. The maximum absolute atomic E-state index is 12.5. The summed E-state index contributed by atoms with van der Waals surface area (Å²) in [6, 6.07) is 13.8. The van der Waals surface area contributed by atoms with Gasteiger partial charge >= 0.3 is 0 Å². The smallest absolute Gasteiger partial charge is 0.261 e. The zero-order chi connectivity index (χ0) is 17.9. The van der Waals surface area contributed by atoms with Crippen LogP contribution in [0.5, 0.6) is 0 Å². The fourth-order valence-electron chi connectivity index (χ4n) is 2.91. The highest BCUT2D eigenvalue weighted by Crippen LogP contribution is 2.24. The van der Waals surface area contributed by atoms with Gasteiger partial charge in [-0.25, -0.2) is 8.42 Å². The first-order valence-electron chi connectivity index (χ1n) is 8.52. The van der Waals surface area contributed by atoms with E-state index in [-0.39, 0.29) is 10.8 Å². The minimum absolute atomic E-state index is 0.121. The van der Waals surface area contributed by atoms with E-state index in [4.69, 9.17) is 0 Å². The Kier molecular flexibility index (Phi) is 5.08. The third-order valence-electron chi connectivity index (χ3n) is 4.40. The van der Waals surface area contributed by atoms with Crippen LogP contribution in [0.15, 0.2) is 53.4 Å². The summed E-state index contributed by atoms with van der Waals surface area (Å²) in [5, 5.41) is 0. The predicted molar refractivity (Wildman–Crippen MR) is 99.3 cm³/mol. The van der Waals surface area contributed by atoms with Gasteiger partial charge in [0.25, 0.3) is 10.0 Å². The lowest BCUT2D eigenvalue weighted by Gasteiger charge is -2.26. The summed E-state index contributed by atoms with van der Waals surface area (Å²) in [6.45, 7) is 2.74. The molecule has 132 valence electrons. The van der Waals surface area contributed by atoms with Crippen molar-refractivity contribution in [2.45, 2.75) is 37.5 Å². The van der Waals surface area contributed by atoms with Crippen LogP contribution in [0.2, 0.25) is 0 Å². The van der Waals surface area contributed by atoms with Crippen LogP contribution in [0.4, 0.5) is 11.4 Å². The average Bonchev–Trinajstić information content (AvgIpc) is 2.63. The molecule has 1 fully saturated rings. The highest BCUT2D eigenvalue weighted by atomic mass is 32.2. The van der Waals surface area contributed by atoms with Gasteiger partial charge in [0.2, 0.25) is 5.91 Å². The lowest BCUT2D eigenvalue weighted by Crippen LogP contribution is -2.35. The molecule has 1 aliphatic heterocycles. The van der Waals surface area contributed by atoms with Gasteiger partial charge in [-0.1, -0.05) is 19.1 Å². The number of nitrogens with zero attached hydrogens (tertiary/aromatic N) is 1. The van der Waals surface area contributed by atoms with Crippen LogP contribution >= 0.6 is 0 Å². The molecule has 0 bridgehead atoms. The number of carbonyl (C=O) groups is 1. The molecule has 0 radical (unpaired) electrons. The first kappa shape index (κ1) is 17.5. The fourth-order valence-corrected chi connectivity index (χ4v) is 3.97. The Bertz CT molecular complexity index is 843. The Labute approximate surface area is 148 Å². The predicted octanol–water partition coefficient (Wildman–Crippen LogP) is 3.57. The van der Waals surface area contributed by atoms with Crippen molar-refractivity contribution in [3.63, 3.8) is 0 Å². The number of hydrogen-bond donors (Lipinski definition) is 1. The molecule has 5 nitrogen and oxygen atoms in total. The van der Waals surface area contributed by atoms with Gasteiger partial charge < -0.3 is 4.90 Å². The van der Waals surface area contributed by atoms with E-state index in [1.54, 1.807) is 41.3 Å². The van der Waals surface area contributed by atoms with E-state index in [2.05, 4.69) is 4.72 Å². The molecule has 0 aromatic heterocycles. The zero-order valence-electron chi connectivity index (χ0n) is 14.2. The molecular weight excluding hydrogens is 336 g/mol. The second-order valence-corrected chi connectivity index (χ2v) is 7.83. The minimum atomic E-state index is -3.62.